The summed E-state index contributed by atoms with van der Waals surface area (Å²) >= 11 is 5.84. The average molecular weight is 231 g/mol. The van der Waals surface area contributed by atoms with E-state index in [4.69, 9.17) is 17.3 Å². The van der Waals surface area contributed by atoms with Crippen LogP contribution in [-0.4, -0.2) is 27.2 Å². The van der Waals surface area contributed by atoms with E-state index in [9.17, 15) is 5.11 Å². The first-order valence-corrected chi connectivity index (χ1v) is 5.06. The molecule has 0 amide bonds. The zero-order valence-corrected chi connectivity index (χ0v) is 9.54. The van der Waals surface area contributed by atoms with Crippen molar-refractivity contribution in [3.05, 3.63) is 11.2 Å². The summed E-state index contributed by atoms with van der Waals surface area (Å²) in [5.74, 6) is 0.593. The van der Waals surface area contributed by atoms with Crippen LogP contribution in [0.5, 0.6) is 0 Å². The van der Waals surface area contributed by atoms with Crippen LogP contribution in [0.4, 0.5) is 11.8 Å². The lowest BCUT2D eigenvalue weighted by Crippen LogP contribution is -2.32. The van der Waals surface area contributed by atoms with Crippen molar-refractivity contribution in [3.8, 4) is 0 Å². The van der Waals surface area contributed by atoms with E-state index in [1.807, 2.05) is 6.92 Å². The number of rotatable bonds is 4. The molecule has 0 fully saturated rings. The van der Waals surface area contributed by atoms with E-state index in [0.29, 0.717) is 23.8 Å². The number of nitrogens with two attached hydrogens (primary N) is 1. The molecule has 0 aliphatic carbocycles. The largest absolute Gasteiger partial charge is 0.388 e. The van der Waals surface area contributed by atoms with E-state index in [1.165, 1.54) is 6.20 Å². The molecule has 6 heteroatoms. The van der Waals surface area contributed by atoms with Crippen molar-refractivity contribution in [2.75, 3.05) is 17.6 Å². The molecule has 4 N–H and O–H groups in total. The minimum absolute atomic E-state index is 0.151. The maximum atomic E-state index is 9.76. The molecule has 1 atom stereocenters. The van der Waals surface area contributed by atoms with Crippen LogP contribution in [-0.2, 0) is 0 Å². The maximum absolute atomic E-state index is 9.76. The first kappa shape index (κ1) is 12.0. The molecule has 0 aliphatic rings. The average Bonchev–Trinajstić information content (AvgIpc) is 2.20. The fourth-order valence-electron chi connectivity index (χ4n) is 0.904. The molecule has 5 nitrogen and oxygen atoms in total. The Morgan fingerprint density at radius 3 is 2.93 bits per heavy atom. The van der Waals surface area contributed by atoms with Gasteiger partial charge in [0.05, 0.1) is 11.8 Å². The number of aliphatic hydroxyl groups is 1. The van der Waals surface area contributed by atoms with Crippen LogP contribution in [0.25, 0.3) is 0 Å². The zero-order chi connectivity index (χ0) is 11.5. The van der Waals surface area contributed by atoms with Crippen molar-refractivity contribution in [2.45, 2.75) is 25.9 Å². The Hall–Kier alpha value is -1.07. The van der Waals surface area contributed by atoms with Gasteiger partial charge in [-0.3, -0.25) is 0 Å². The Morgan fingerprint density at radius 1 is 1.67 bits per heavy atom. The molecule has 0 bridgehead atoms. The molecule has 1 aromatic heterocycles. The number of hydrogen-bond donors (Lipinski definition) is 3. The molecule has 1 aromatic rings. The topological polar surface area (TPSA) is 84.1 Å². The molecule has 1 unspecified atom stereocenters. The van der Waals surface area contributed by atoms with Crippen LogP contribution in [0.3, 0.4) is 0 Å². The smallest absolute Gasteiger partial charge is 0.222 e. The fraction of sp³-hybridized carbons (Fsp3) is 0.556. The Labute approximate surface area is 93.7 Å². The minimum atomic E-state index is -0.789. The number of halogens is 1. The normalized spacial score (nSPS) is 14.7. The van der Waals surface area contributed by atoms with Gasteiger partial charge in [-0.25, -0.2) is 4.98 Å². The molecule has 15 heavy (non-hydrogen) atoms. The van der Waals surface area contributed by atoms with Crippen LogP contribution in [0.15, 0.2) is 6.20 Å². The minimum Gasteiger partial charge on any atom is -0.388 e. The number of anilines is 2. The van der Waals surface area contributed by atoms with Crippen LogP contribution in [0, 0.1) is 0 Å². The lowest BCUT2D eigenvalue weighted by molar-refractivity contribution is 0.0696. The number of nitrogens with zero attached hydrogens (tertiary/aromatic N) is 2. The Kier molecular flexibility index (Phi) is 3.71. The Bertz CT molecular complexity index is 343. The number of hydrogen-bond acceptors (Lipinski definition) is 5. The van der Waals surface area contributed by atoms with Crippen LogP contribution < -0.4 is 11.1 Å². The van der Waals surface area contributed by atoms with Gasteiger partial charge in [0.15, 0.2) is 5.82 Å². The standard InChI is InChI=1S/C9H15ClN4O/c1-3-9(2,15)5-13-7-6(10)4-12-8(11)14-7/h4,15H,3,5H2,1-2H3,(H3,11,12,13,14). The van der Waals surface area contributed by atoms with Gasteiger partial charge in [0.2, 0.25) is 5.95 Å². The van der Waals surface area contributed by atoms with Crippen LogP contribution in [0.1, 0.15) is 20.3 Å². The number of nitrogens with one attached hydrogen (secondary N) is 1. The maximum Gasteiger partial charge on any atom is 0.222 e. The van der Waals surface area contributed by atoms with Gasteiger partial charge in [-0.2, -0.15) is 4.98 Å². The molecular weight excluding hydrogens is 216 g/mol. The zero-order valence-electron chi connectivity index (χ0n) is 8.79. The van der Waals surface area contributed by atoms with Gasteiger partial charge in [0.1, 0.15) is 5.02 Å². The molecule has 0 spiro atoms. The van der Waals surface area contributed by atoms with Crippen molar-refractivity contribution in [1.29, 1.82) is 0 Å². The summed E-state index contributed by atoms with van der Waals surface area (Å²) in [6.07, 6.45) is 2.06. The monoisotopic (exact) mass is 230 g/mol. The molecule has 0 saturated carbocycles. The summed E-state index contributed by atoms with van der Waals surface area (Å²) in [5.41, 5.74) is 4.63. The van der Waals surface area contributed by atoms with E-state index in [2.05, 4.69) is 15.3 Å². The quantitative estimate of drug-likeness (QED) is 0.726. The van der Waals surface area contributed by atoms with Crippen molar-refractivity contribution in [2.24, 2.45) is 0 Å². The van der Waals surface area contributed by atoms with Crippen LogP contribution in [0.2, 0.25) is 5.02 Å². The molecule has 1 heterocycles. The molecule has 84 valence electrons. The van der Waals surface area contributed by atoms with Gasteiger partial charge in [0.25, 0.3) is 0 Å². The molecule has 0 saturated heterocycles. The number of aromatic nitrogens is 2. The first-order valence-electron chi connectivity index (χ1n) is 4.69. The molecule has 1 rings (SSSR count). The second kappa shape index (κ2) is 4.63. The van der Waals surface area contributed by atoms with Crippen molar-refractivity contribution in [1.82, 2.24) is 9.97 Å². The fourth-order valence-corrected chi connectivity index (χ4v) is 1.06. The predicted molar refractivity (Wildman–Crippen MR) is 60.9 cm³/mol. The highest BCUT2D eigenvalue weighted by Gasteiger charge is 2.17. The van der Waals surface area contributed by atoms with E-state index in [-0.39, 0.29) is 5.95 Å². The van der Waals surface area contributed by atoms with Gasteiger partial charge >= 0.3 is 0 Å². The van der Waals surface area contributed by atoms with Crippen molar-refractivity contribution in [3.63, 3.8) is 0 Å². The highest BCUT2D eigenvalue weighted by atomic mass is 35.5. The van der Waals surface area contributed by atoms with E-state index >= 15 is 0 Å². The predicted octanol–water partition coefficient (Wildman–Crippen LogP) is 1.29. The van der Waals surface area contributed by atoms with E-state index < -0.39 is 5.60 Å². The van der Waals surface area contributed by atoms with Gasteiger partial charge in [-0.1, -0.05) is 18.5 Å². The Morgan fingerprint density at radius 2 is 2.33 bits per heavy atom. The summed E-state index contributed by atoms with van der Waals surface area (Å²) in [6.45, 7) is 4.00. The lowest BCUT2D eigenvalue weighted by atomic mass is 10.0. The summed E-state index contributed by atoms with van der Waals surface area (Å²) < 4.78 is 0. The second-order valence-electron chi connectivity index (χ2n) is 3.63. The lowest BCUT2D eigenvalue weighted by Gasteiger charge is -2.22. The van der Waals surface area contributed by atoms with E-state index in [1.54, 1.807) is 6.92 Å². The third-order valence-corrected chi connectivity index (χ3v) is 2.44. The summed E-state index contributed by atoms with van der Waals surface area (Å²) in [6, 6.07) is 0. The van der Waals surface area contributed by atoms with E-state index in [0.717, 1.165) is 0 Å². The Balaban J connectivity index is 2.69. The molecule has 0 aliphatic heterocycles. The third kappa shape index (κ3) is 3.53. The van der Waals surface area contributed by atoms with Crippen molar-refractivity contribution < 1.29 is 5.11 Å². The van der Waals surface area contributed by atoms with Crippen molar-refractivity contribution >= 4 is 23.4 Å². The summed E-state index contributed by atoms with van der Waals surface area (Å²) in [4.78, 5) is 7.66. The van der Waals surface area contributed by atoms with Gasteiger partial charge in [0, 0.05) is 6.54 Å². The highest BCUT2D eigenvalue weighted by Crippen LogP contribution is 2.19. The van der Waals surface area contributed by atoms with Gasteiger partial charge in [-0.15, -0.1) is 0 Å². The highest BCUT2D eigenvalue weighted by molar-refractivity contribution is 6.32. The van der Waals surface area contributed by atoms with Gasteiger partial charge < -0.3 is 16.2 Å². The van der Waals surface area contributed by atoms with Crippen LogP contribution >= 0.6 is 11.6 Å². The number of nitrogen functional groups attached to an aromatic ring is 1. The summed E-state index contributed by atoms with van der Waals surface area (Å²) in [5, 5.41) is 13.1. The molecule has 0 radical (unpaired) electrons. The van der Waals surface area contributed by atoms with Gasteiger partial charge in [-0.05, 0) is 13.3 Å². The first-order chi connectivity index (χ1) is 6.94. The SMILES string of the molecule is CCC(C)(O)CNc1nc(N)ncc1Cl. The molecule has 0 aromatic carbocycles. The molecular formula is C9H15ClN4O. The third-order valence-electron chi connectivity index (χ3n) is 2.16. The summed E-state index contributed by atoms with van der Waals surface area (Å²) in [7, 11) is 0. The second-order valence-corrected chi connectivity index (χ2v) is 4.04.